The summed E-state index contributed by atoms with van der Waals surface area (Å²) >= 11 is 1.58. The van der Waals surface area contributed by atoms with Crippen molar-refractivity contribution in [3.63, 3.8) is 0 Å². The molecular formula is C19H24N6O2S. The molecule has 3 rings (SSSR count). The highest BCUT2D eigenvalue weighted by atomic mass is 32.2. The van der Waals surface area contributed by atoms with Crippen molar-refractivity contribution in [2.24, 2.45) is 5.92 Å². The molecular weight excluding hydrogens is 376 g/mol. The molecule has 0 aliphatic carbocycles. The van der Waals surface area contributed by atoms with Crippen LogP contribution in [-0.2, 0) is 13.0 Å². The molecule has 8 nitrogen and oxygen atoms in total. The van der Waals surface area contributed by atoms with E-state index in [1.54, 1.807) is 36.0 Å². The fraction of sp³-hybridized carbons (Fsp3) is 0.421. The molecule has 0 spiro atoms. The number of carbonyl (C=O) groups is 1. The van der Waals surface area contributed by atoms with Gasteiger partial charge in [-0.05, 0) is 24.7 Å². The Morgan fingerprint density at radius 2 is 2.00 bits per heavy atom. The lowest BCUT2D eigenvalue weighted by Crippen LogP contribution is -2.27. The van der Waals surface area contributed by atoms with Crippen molar-refractivity contribution in [1.82, 2.24) is 30.3 Å². The smallest absolute Gasteiger partial charge is 0.272 e. The van der Waals surface area contributed by atoms with Crippen molar-refractivity contribution in [2.45, 2.75) is 38.4 Å². The van der Waals surface area contributed by atoms with Gasteiger partial charge in [0.2, 0.25) is 0 Å². The zero-order chi connectivity index (χ0) is 20.1. The molecule has 2 heterocycles. The van der Waals surface area contributed by atoms with E-state index in [4.69, 9.17) is 0 Å². The van der Waals surface area contributed by atoms with Crippen molar-refractivity contribution in [3.05, 3.63) is 46.1 Å². The van der Waals surface area contributed by atoms with Gasteiger partial charge in [0, 0.05) is 24.9 Å². The van der Waals surface area contributed by atoms with Gasteiger partial charge in [-0.3, -0.25) is 9.59 Å². The minimum Gasteiger partial charge on any atom is -0.351 e. The van der Waals surface area contributed by atoms with Crippen LogP contribution in [0.2, 0.25) is 0 Å². The van der Waals surface area contributed by atoms with Crippen LogP contribution in [0.4, 0.5) is 0 Å². The number of aromatic nitrogens is 5. The van der Waals surface area contributed by atoms with Gasteiger partial charge in [0.1, 0.15) is 5.82 Å². The summed E-state index contributed by atoms with van der Waals surface area (Å²) in [7, 11) is 0. The van der Waals surface area contributed by atoms with Gasteiger partial charge in [-0.25, -0.2) is 5.10 Å². The molecule has 2 N–H and O–H groups in total. The lowest BCUT2D eigenvalue weighted by molar-refractivity contribution is 0.0949. The van der Waals surface area contributed by atoms with Crippen LogP contribution in [0.3, 0.4) is 0 Å². The summed E-state index contributed by atoms with van der Waals surface area (Å²) in [4.78, 5) is 24.4. The van der Waals surface area contributed by atoms with Crippen LogP contribution < -0.4 is 10.9 Å². The second kappa shape index (κ2) is 9.01. The maximum Gasteiger partial charge on any atom is 0.272 e. The number of nitrogens with one attached hydrogen (secondary N) is 2. The highest BCUT2D eigenvalue weighted by Crippen LogP contribution is 2.17. The number of carbonyl (C=O) groups excluding carboxylic acids is 1. The number of aromatic amines is 1. The van der Waals surface area contributed by atoms with E-state index >= 15 is 0 Å². The molecule has 0 saturated carbocycles. The lowest BCUT2D eigenvalue weighted by Gasteiger charge is -2.12. The number of fused-ring (bicyclic) bond motifs is 1. The monoisotopic (exact) mass is 400 g/mol. The van der Waals surface area contributed by atoms with Crippen molar-refractivity contribution < 1.29 is 4.79 Å². The number of nitrogens with zero attached hydrogens (tertiary/aromatic N) is 4. The topological polar surface area (TPSA) is 106 Å². The second-order valence-corrected chi connectivity index (χ2v) is 7.69. The summed E-state index contributed by atoms with van der Waals surface area (Å²) in [6.45, 7) is 5.68. The van der Waals surface area contributed by atoms with Gasteiger partial charge in [0.15, 0.2) is 10.9 Å². The molecule has 0 atom stereocenters. The number of aryl methyl sites for hydroxylation is 1. The van der Waals surface area contributed by atoms with Crippen LogP contribution in [0.5, 0.6) is 0 Å². The lowest BCUT2D eigenvalue weighted by atomic mass is 10.1. The summed E-state index contributed by atoms with van der Waals surface area (Å²) in [6.07, 6.45) is 3.45. The van der Waals surface area contributed by atoms with E-state index in [-0.39, 0.29) is 17.2 Å². The maximum absolute atomic E-state index is 12.5. The Morgan fingerprint density at radius 1 is 1.25 bits per heavy atom. The third kappa shape index (κ3) is 4.41. The molecule has 1 aromatic carbocycles. The minimum absolute atomic E-state index is 0.225. The molecule has 1 amide bonds. The number of benzene rings is 1. The number of hydrogen-bond acceptors (Lipinski definition) is 6. The molecule has 0 unspecified atom stereocenters. The average Bonchev–Trinajstić information content (AvgIpc) is 3.06. The van der Waals surface area contributed by atoms with Crippen LogP contribution in [0.1, 0.15) is 36.6 Å². The first-order valence-electron chi connectivity index (χ1n) is 9.23. The molecule has 0 aliphatic heterocycles. The fourth-order valence-electron chi connectivity index (χ4n) is 3.02. The predicted molar refractivity (Wildman–Crippen MR) is 110 cm³/mol. The largest absolute Gasteiger partial charge is 0.351 e. The van der Waals surface area contributed by atoms with Gasteiger partial charge < -0.3 is 9.88 Å². The predicted octanol–water partition coefficient (Wildman–Crippen LogP) is 2.26. The summed E-state index contributed by atoms with van der Waals surface area (Å²) in [5, 5.41) is 19.6. The van der Waals surface area contributed by atoms with E-state index < -0.39 is 0 Å². The summed E-state index contributed by atoms with van der Waals surface area (Å²) < 4.78 is 2.15. The Morgan fingerprint density at radius 3 is 2.71 bits per heavy atom. The van der Waals surface area contributed by atoms with E-state index in [1.165, 1.54) is 0 Å². The minimum atomic E-state index is -0.305. The van der Waals surface area contributed by atoms with Gasteiger partial charge >= 0.3 is 0 Å². The van der Waals surface area contributed by atoms with Crippen LogP contribution >= 0.6 is 11.8 Å². The quantitative estimate of drug-likeness (QED) is 0.444. The first kappa shape index (κ1) is 20.1. The van der Waals surface area contributed by atoms with E-state index in [0.29, 0.717) is 23.2 Å². The Balaban J connectivity index is 1.62. The van der Waals surface area contributed by atoms with Crippen molar-refractivity contribution in [3.8, 4) is 0 Å². The molecule has 9 heteroatoms. The van der Waals surface area contributed by atoms with Crippen LogP contribution in [0.25, 0.3) is 10.8 Å². The first-order chi connectivity index (χ1) is 13.5. The van der Waals surface area contributed by atoms with Crippen molar-refractivity contribution in [2.75, 3.05) is 12.8 Å². The van der Waals surface area contributed by atoms with Gasteiger partial charge in [-0.1, -0.05) is 43.8 Å². The zero-order valence-electron chi connectivity index (χ0n) is 16.2. The highest BCUT2D eigenvalue weighted by molar-refractivity contribution is 7.98. The zero-order valence-corrected chi connectivity index (χ0v) is 17.0. The molecule has 3 aromatic rings. The van der Waals surface area contributed by atoms with E-state index in [0.717, 1.165) is 30.4 Å². The van der Waals surface area contributed by atoms with Crippen LogP contribution in [-0.4, -0.2) is 43.7 Å². The number of rotatable bonds is 8. The second-order valence-electron chi connectivity index (χ2n) is 6.91. The molecule has 0 aliphatic rings. The molecule has 148 valence electrons. The summed E-state index contributed by atoms with van der Waals surface area (Å²) in [5.74, 6) is 1.13. The van der Waals surface area contributed by atoms with Gasteiger partial charge in [0.05, 0.1) is 5.39 Å². The molecule has 0 fully saturated rings. The Labute approximate surface area is 167 Å². The fourth-order valence-corrected chi connectivity index (χ4v) is 3.55. The van der Waals surface area contributed by atoms with Gasteiger partial charge in [0.25, 0.3) is 11.5 Å². The highest BCUT2D eigenvalue weighted by Gasteiger charge is 2.15. The number of hydrogen-bond donors (Lipinski definition) is 2. The molecule has 2 aromatic heterocycles. The summed E-state index contributed by atoms with van der Waals surface area (Å²) in [6, 6.07) is 6.95. The van der Waals surface area contributed by atoms with E-state index in [1.807, 2.05) is 6.26 Å². The molecule has 0 radical (unpaired) electrons. The van der Waals surface area contributed by atoms with Crippen LogP contribution in [0, 0.1) is 5.92 Å². The van der Waals surface area contributed by atoms with Crippen LogP contribution in [0.15, 0.2) is 34.2 Å². The summed E-state index contributed by atoms with van der Waals surface area (Å²) in [5.41, 5.74) is -0.0796. The third-order valence-electron chi connectivity index (χ3n) is 4.30. The first-order valence-corrected chi connectivity index (χ1v) is 10.5. The molecule has 28 heavy (non-hydrogen) atoms. The maximum atomic E-state index is 12.5. The Kier molecular flexibility index (Phi) is 6.45. The number of amides is 1. The molecule has 0 bridgehead atoms. The Bertz CT molecular complexity index is 1030. The van der Waals surface area contributed by atoms with E-state index in [9.17, 15) is 9.59 Å². The standard InChI is InChI=1S/C19H24N6O2S/c1-12(2)11-25-15(21-24-19(25)28-3)9-6-10-20-18(27)16-13-7-4-5-8-14(13)17(26)23-22-16/h4-5,7-8,12H,6,9-11H2,1-3H3,(H,20,27)(H,23,26). The number of thioether (sulfide) groups is 1. The Hall–Kier alpha value is -2.68. The van der Waals surface area contributed by atoms with Crippen molar-refractivity contribution in [1.29, 1.82) is 0 Å². The van der Waals surface area contributed by atoms with Crippen molar-refractivity contribution >= 4 is 28.4 Å². The SMILES string of the molecule is CSc1nnc(CCCNC(=O)c2n[nH]c(=O)c3ccccc23)n1CC(C)C. The van der Waals surface area contributed by atoms with Gasteiger partial charge in [-0.15, -0.1) is 10.2 Å². The average molecular weight is 401 g/mol. The third-order valence-corrected chi connectivity index (χ3v) is 4.96. The molecule has 0 saturated heterocycles. The number of H-pyrrole nitrogens is 1. The van der Waals surface area contributed by atoms with Gasteiger partial charge in [-0.2, -0.15) is 5.10 Å². The normalized spacial score (nSPS) is 11.3. The van der Waals surface area contributed by atoms with E-state index in [2.05, 4.69) is 44.1 Å².